The average molecular weight is 381 g/mol. The zero-order valence-electron chi connectivity index (χ0n) is 14.6. The lowest BCUT2D eigenvalue weighted by molar-refractivity contribution is -0.384. The van der Waals surface area contributed by atoms with Crippen LogP contribution in [0.5, 0.6) is 0 Å². The molecule has 0 fully saturated rings. The van der Waals surface area contributed by atoms with Crippen molar-refractivity contribution >= 4 is 28.9 Å². The maximum absolute atomic E-state index is 12.3. The second kappa shape index (κ2) is 8.01. The molecule has 0 atom stereocenters. The van der Waals surface area contributed by atoms with Crippen LogP contribution >= 0.6 is 11.6 Å². The van der Waals surface area contributed by atoms with Gasteiger partial charge in [-0.3, -0.25) is 14.9 Å². The number of rotatable bonds is 5. The second-order valence-electron chi connectivity index (χ2n) is 6.19. The number of non-ortho nitro benzene ring substituents is 1. The van der Waals surface area contributed by atoms with Gasteiger partial charge in [-0.2, -0.15) is 0 Å². The zero-order valence-corrected chi connectivity index (χ0v) is 15.4. The number of aryl methyl sites for hydroxylation is 1. The first-order chi connectivity index (χ1) is 12.9. The van der Waals surface area contributed by atoms with Crippen molar-refractivity contribution in [1.29, 1.82) is 0 Å². The monoisotopic (exact) mass is 380 g/mol. The Morgan fingerprint density at radius 2 is 1.74 bits per heavy atom. The summed E-state index contributed by atoms with van der Waals surface area (Å²) in [5.74, 6) is -0.178. The fourth-order valence-corrected chi connectivity index (χ4v) is 2.96. The van der Waals surface area contributed by atoms with Crippen LogP contribution in [-0.2, 0) is 11.2 Å². The number of carbonyl (C=O) groups is 1. The molecule has 27 heavy (non-hydrogen) atoms. The lowest BCUT2D eigenvalue weighted by Gasteiger charge is -2.11. The summed E-state index contributed by atoms with van der Waals surface area (Å²) in [6.07, 6.45) is 0.146. The highest BCUT2D eigenvalue weighted by molar-refractivity contribution is 6.30. The molecule has 5 nitrogen and oxygen atoms in total. The van der Waals surface area contributed by atoms with Gasteiger partial charge in [0.25, 0.3) is 5.69 Å². The topological polar surface area (TPSA) is 72.2 Å². The Balaban J connectivity index is 1.70. The van der Waals surface area contributed by atoms with Crippen molar-refractivity contribution in [2.24, 2.45) is 0 Å². The van der Waals surface area contributed by atoms with E-state index >= 15 is 0 Å². The van der Waals surface area contributed by atoms with Gasteiger partial charge in [-0.15, -0.1) is 0 Å². The van der Waals surface area contributed by atoms with Gasteiger partial charge in [-0.05, 0) is 53.4 Å². The van der Waals surface area contributed by atoms with Crippen LogP contribution in [0.4, 0.5) is 11.4 Å². The molecule has 0 heterocycles. The molecule has 3 aromatic carbocycles. The molecule has 0 saturated carbocycles. The molecule has 0 unspecified atom stereocenters. The summed E-state index contributed by atoms with van der Waals surface area (Å²) in [5, 5.41) is 14.2. The van der Waals surface area contributed by atoms with E-state index in [1.807, 2.05) is 49.4 Å². The number of hydrogen-bond acceptors (Lipinski definition) is 3. The Morgan fingerprint density at radius 3 is 2.37 bits per heavy atom. The molecule has 0 aliphatic carbocycles. The van der Waals surface area contributed by atoms with Gasteiger partial charge in [0, 0.05) is 22.8 Å². The lowest BCUT2D eigenvalue weighted by Crippen LogP contribution is -2.15. The Bertz CT molecular complexity index is 1000. The summed E-state index contributed by atoms with van der Waals surface area (Å²) in [7, 11) is 0. The van der Waals surface area contributed by atoms with Gasteiger partial charge >= 0.3 is 0 Å². The molecule has 0 aromatic heterocycles. The molecule has 0 bridgehead atoms. The van der Waals surface area contributed by atoms with Crippen molar-refractivity contribution in [3.8, 4) is 11.1 Å². The number of carbonyl (C=O) groups excluding carboxylic acids is 1. The van der Waals surface area contributed by atoms with Crippen LogP contribution in [0.2, 0.25) is 5.02 Å². The second-order valence-corrected chi connectivity index (χ2v) is 6.62. The molecular formula is C21H17ClN2O3. The summed E-state index contributed by atoms with van der Waals surface area (Å²) >= 11 is 6.04. The average Bonchev–Trinajstić information content (AvgIpc) is 2.64. The Kier molecular flexibility index (Phi) is 5.52. The van der Waals surface area contributed by atoms with Crippen LogP contribution < -0.4 is 5.32 Å². The van der Waals surface area contributed by atoms with Crippen LogP contribution in [0.15, 0.2) is 66.7 Å². The molecule has 1 amide bonds. The standard InChI is InChI=1S/C21H17ClN2O3/c1-14-11-17(16-3-2-4-18(22)13-16)7-10-20(14)23-21(25)12-15-5-8-19(9-6-15)24(26)27/h2-11,13H,12H2,1H3,(H,23,25). The van der Waals surface area contributed by atoms with E-state index in [1.54, 1.807) is 12.1 Å². The maximum Gasteiger partial charge on any atom is 0.269 e. The molecular weight excluding hydrogens is 364 g/mol. The van der Waals surface area contributed by atoms with E-state index in [-0.39, 0.29) is 18.0 Å². The fraction of sp³-hybridized carbons (Fsp3) is 0.0952. The van der Waals surface area contributed by atoms with Gasteiger partial charge in [0.2, 0.25) is 5.91 Å². The Hall–Kier alpha value is -3.18. The predicted molar refractivity (Wildman–Crippen MR) is 107 cm³/mol. The summed E-state index contributed by atoms with van der Waals surface area (Å²) in [6.45, 7) is 1.93. The van der Waals surface area contributed by atoms with Gasteiger partial charge < -0.3 is 5.32 Å². The van der Waals surface area contributed by atoms with Crippen molar-refractivity contribution in [3.63, 3.8) is 0 Å². The normalized spacial score (nSPS) is 10.4. The highest BCUT2D eigenvalue weighted by atomic mass is 35.5. The number of nitro groups is 1. The van der Waals surface area contributed by atoms with E-state index in [4.69, 9.17) is 11.6 Å². The van der Waals surface area contributed by atoms with Crippen LogP contribution in [0.1, 0.15) is 11.1 Å². The highest BCUT2D eigenvalue weighted by Gasteiger charge is 2.09. The minimum atomic E-state index is -0.464. The number of nitrogens with zero attached hydrogens (tertiary/aromatic N) is 1. The van der Waals surface area contributed by atoms with Crippen LogP contribution in [0.3, 0.4) is 0 Å². The largest absolute Gasteiger partial charge is 0.326 e. The van der Waals surface area contributed by atoms with Crippen molar-refractivity contribution in [3.05, 3.63) is 93.0 Å². The lowest BCUT2D eigenvalue weighted by atomic mass is 10.0. The molecule has 6 heteroatoms. The molecule has 1 N–H and O–H groups in total. The van der Waals surface area contributed by atoms with E-state index in [1.165, 1.54) is 12.1 Å². The van der Waals surface area contributed by atoms with Gasteiger partial charge in [0.15, 0.2) is 0 Å². The molecule has 0 aliphatic rings. The molecule has 3 aromatic rings. The number of halogens is 1. The summed E-state index contributed by atoms with van der Waals surface area (Å²) in [6, 6.07) is 19.3. The summed E-state index contributed by atoms with van der Waals surface area (Å²) in [4.78, 5) is 22.5. The first-order valence-corrected chi connectivity index (χ1v) is 8.70. The smallest absolute Gasteiger partial charge is 0.269 e. The van der Waals surface area contributed by atoms with Crippen molar-refractivity contribution in [1.82, 2.24) is 0 Å². The summed E-state index contributed by atoms with van der Waals surface area (Å²) < 4.78 is 0. The number of nitro benzene ring substituents is 1. The predicted octanol–water partition coefficient (Wildman–Crippen LogP) is 5.40. The number of amides is 1. The first kappa shape index (κ1) is 18.6. The molecule has 0 radical (unpaired) electrons. The minimum absolute atomic E-state index is 0.00612. The van der Waals surface area contributed by atoms with Gasteiger partial charge in [-0.1, -0.05) is 41.9 Å². The third-order valence-electron chi connectivity index (χ3n) is 4.17. The molecule has 0 saturated heterocycles. The van der Waals surface area contributed by atoms with Gasteiger partial charge in [-0.25, -0.2) is 0 Å². The molecule has 3 rings (SSSR count). The third kappa shape index (κ3) is 4.71. The van der Waals surface area contributed by atoms with E-state index in [0.717, 1.165) is 22.4 Å². The van der Waals surface area contributed by atoms with Gasteiger partial charge in [0.1, 0.15) is 0 Å². The molecule has 136 valence electrons. The number of hydrogen-bond donors (Lipinski definition) is 1. The SMILES string of the molecule is Cc1cc(-c2cccc(Cl)c2)ccc1NC(=O)Cc1ccc([N+](=O)[O-])cc1. The number of nitrogens with one attached hydrogen (secondary N) is 1. The zero-order chi connectivity index (χ0) is 19.4. The quantitative estimate of drug-likeness (QED) is 0.475. The Morgan fingerprint density at radius 1 is 1.04 bits per heavy atom. The molecule has 0 aliphatic heterocycles. The summed E-state index contributed by atoms with van der Waals surface area (Å²) in [5.41, 5.74) is 4.41. The third-order valence-corrected chi connectivity index (χ3v) is 4.41. The maximum atomic E-state index is 12.3. The van der Waals surface area contributed by atoms with E-state index in [2.05, 4.69) is 5.32 Å². The van der Waals surface area contributed by atoms with Gasteiger partial charge in [0.05, 0.1) is 11.3 Å². The van der Waals surface area contributed by atoms with Crippen molar-refractivity contribution < 1.29 is 9.72 Å². The van der Waals surface area contributed by atoms with Crippen LogP contribution in [0.25, 0.3) is 11.1 Å². The van der Waals surface area contributed by atoms with Crippen molar-refractivity contribution in [2.75, 3.05) is 5.32 Å². The number of benzene rings is 3. The van der Waals surface area contributed by atoms with E-state index in [0.29, 0.717) is 10.6 Å². The first-order valence-electron chi connectivity index (χ1n) is 8.32. The number of anilines is 1. The Labute approximate surface area is 161 Å². The van der Waals surface area contributed by atoms with E-state index in [9.17, 15) is 14.9 Å². The molecule has 0 spiro atoms. The highest BCUT2D eigenvalue weighted by Crippen LogP contribution is 2.27. The van der Waals surface area contributed by atoms with Crippen LogP contribution in [0, 0.1) is 17.0 Å². The van der Waals surface area contributed by atoms with Crippen LogP contribution in [-0.4, -0.2) is 10.8 Å². The fourth-order valence-electron chi connectivity index (χ4n) is 2.77. The van der Waals surface area contributed by atoms with E-state index < -0.39 is 4.92 Å². The van der Waals surface area contributed by atoms with Crippen molar-refractivity contribution in [2.45, 2.75) is 13.3 Å². The minimum Gasteiger partial charge on any atom is -0.326 e.